The van der Waals surface area contributed by atoms with Crippen molar-refractivity contribution in [2.24, 2.45) is 17.8 Å². The van der Waals surface area contributed by atoms with Crippen LogP contribution in [0.5, 0.6) is 0 Å². The van der Waals surface area contributed by atoms with E-state index in [2.05, 4.69) is 27.9 Å². The second-order valence-electron chi connectivity index (χ2n) is 12.8. The predicted molar refractivity (Wildman–Crippen MR) is 165 cm³/mol. The van der Waals surface area contributed by atoms with Gasteiger partial charge in [0.05, 0.1) is 23.3 Å². The number of fused-ring (bicyclic) bond motifs is 3. The summed E-state index contributed by atoms with van der Waals surface area (Å²) < 4.78 is 46.1. The van der Waals surface area contributed by atoms with Crippen LogP contribution in [0, 0.1) is 30.5 Å². The maximum Gasteiger partial charge on any atom is 0.251 e. The molecule has 6 atom stereocenters. The molecule has 1 saturated carbocycles. The zero-order valence-corrected chi connectivity index (χ0v) is 25.0. The number of aryl methyl sites for hydroxylation is 1. The Morgan fingerprint density at radius 2 is 1.89 bits per heavy atom. The molecule has 2 fully saturated rings. The van der Waals surface area contributed by atoms with E-state index in [0.29, 0.717) is 24.1 Å². The first-order chi connectivity index (χ1) is 21.7. The van der Waals surface area contributed by atoms with Gasteiger partial charge in [0.25, 0.3) is 5.91 Å². The number of anilines is 1. The minimum absolute atomic E-state index is 0.00360. The SMILES string of the molecule is Cc1ccn(-c2ccc(C(=O)N[C@@H]3CCC(F)(F)C[C@@H]3C(=O)N3CC[C@@H]4C([C@@H]5C=CC=CC5)Nc5ccc(F)cc5[C@@H]43)cc2)n1. The largest absolute Gasteiger partial charge is 0.381 e. The van der Waals surface area contributed by atoms with Gasteiger partial charge in [0.2, 0.25) is 11.8 Å². The standard InChI is InChI=1S/C35H36F3N5O2/c1-21-14-18-43(41-21)25-10-7-23(8-11-25)33(44)40-30-13-16-35(37,38)20-28(30)34(45)42-17-15-26-31(22-5-3-2-4-6-22)39-29-12-9-24(36)19-27(29)32(26)42/h2-5,7-12,14,18-19,22,26,28,30-32,39H,6,13,15-17,20H2,1H3,(H,40,44)/t22-,26-,28+,30-,31?,32-/m1/s1. The number of hydrogen-bond donors (Lipinski definition) is 2. The molecule has 1 saturated heterocycles. The fourth-order valence-electron chi connectivity index (χ4n) is 7.68. The quantitative estimate of drug-likeness (QED) is 0.350. The molecule has 45 heavy (non-hydrogen) atoms. The summed E-state index contributed by atoms with van der Waals surface area (Å²) in [5.74, 6) is -5.20. The summed E-state index contributed by atoms with van der Waals surface area (Å²) in [5.41, 5.74) is 3.45. The lowest BCUT2D eigenvalue weighted by Crippen LogP contribution is -2.53. The number of halogens is 3. The van der Waals surface area contributed by atoms with Gasteiger partial charge in [0.1, 0.15) is 5.82 Å². The molecule has 2 aliphatic heterocycles. The molecule has 1 aromatic heterocycles. The van der Waals surface area contributed by atoms with Crippen molar-refractivity contribution in [3.63, 3.8) is 0 Å². The van der Waals surface area contributed by atoms with Crippen molar-refractivity contribution in [3.8, 4) is 5.69 Å². The van der Waals surface area contributed by atoms with Gasteiger partial charge < -0.3 is 15.5 Å². The van der Waals surface area contributed by atoms with E-state index in [9.17, 15) is 22.8 Å². The van der Waals surface area contributed by atoms with E-state index in [1.54, 1.807) is 39.9 Å². The van der Waals surface area contributed by atoms with Gasteiger partial charge in [0, 0.05) is 66.3 Å². The van der Waals surface area contributed by atoms with Crippen molar-refractivity contribution in [1.82, 2.24) is 20.0 Å². The Morgan fingerprint density at radius 3 is 2.62 bits per heavy atom. The summed E-state index contributed by atoms with van der Waals surface area (Å²) in [6.07, 6.45) is 10.6. The van der Waals surface area contributed by atoms with E-state index in [1.165, 1.54) is 12.1 Å². The van der Waals surface area contributed by atoms with E-state index in [0.717, 1.165) is 23.5 Å². The van der Waals surface area contributed by atoms with Gasteiger partial charge in [-0.2, -0.15) is 5.10 Å². The fourth-order valence-corrected chi connectivity index (χ4v) is 7.68. The Labute approximate surface area is 260 Å². The zero-order chi connectivity index (χ0) is 31.3. The predicted octanol–water partition coefficient (Wildman–Crippen LogP) is 6.37. The first-order valence-corrected chi connectivity index (χ1v) is 15.7. The number of amides is 2. The van der Waals surface area contributed by atoms with E-state index in [4.69, 9.17) is 0 Å². The molecule has 0 radical (unpaired) electrons. The van der Waals surface area contributed by atoms with Gasteiger partial charge in [-0.25, -0.2) is 17.9 Å². The molecular formula is C35H36F3N5O2. The number of benzene rings is 2. The Morgan fingerprint density at radius 1 is 1.07 bits per heavy atom. The van der Waals surface area contributed by atoms with Gasteiger partial charge >= 0.3 is 0 Å². The smallest absolute Gasteiger partial charge is 0.251 e. The summed E-state index contributed by atoms with van der Waals surface area (Å²) >= 11 is 0. The molecule has 2 N–H and O–H groups in total. The lowest BCUT2D eigenvalue weighted by atomic mass is 9.75. The first-order valence-electron chi connectivity index (χ1n) is 15.7. The van der Waals surface area contributed by atoms with Crippen molar-refractivity contribution < 1.29 is 22.8 Å². The average molecular weight is 616 g/mol. The molecule has 3 aromatic rings. The number of allylic oxidation sites excluding steroid dienone is 3. The van der Waals surface area contributed by atoms with Crippen molar-refractivity contribution >= 4 is 17.5 Å². The van der Waals surface area contributed by atoms with Crippen LogP contribution in [-0.4, -0.2) is 51.0 Å². The second-order valence-corrected chi connectivity index (χ2v) is 12.8. The molecule has 7 nitrogen and oxygen atoms in total. The molecule has 0 bridgehead atoms. The summed E-state index contributed by atoms with van der Waals surface area (Å²) in [6.45, 7) is 2.27. The van der Waals surface area contributed by atoms with Crippen LogP contribution in [0.3, 0.4) is 0 Å². The van der Waals surface area contributed by atoms with Crippen LogP contribution in [0.25, 0.3) is 5.69 Å². The van der Waals surface area contributed by atoms with Gasteiger partial charge in [0.15, 0.2) is 0 Å². The lowest BCUT2D eigenvalue weighted by molar-refractivity contribution is -0.146. The van der Waals surface area contributed by atoms with Crippen molar-refractivity contribution in [2.45, 2.75) is 63.1 Å². The number of nitrogens with zero attached hydrogens (tertiary/aromatic N) is 3. The molecule has 2 aromatic carbocycles. The van der Waals surface area contributed by atoms with E-state index in [1.807, 2.05) is 31.3 Å². The van der Waals surface area contributed by atoms with Gasteiger partial charge in [-0.05, 0) is 74.7 Å². The number of aromatic nitrogens is 2. The number of nitrogens with one attached hydrogen (secondary N) is 2. The van der Waals surface area contributed by atoms with Crippen LogP contribution >= 0.6 is 0 Å². The zero-order valence-electron chi connectivity index (χ0n) is 25.0. The highest BCUT2D eigenvalue weighted by atomic mass is 19.3. The Hall–Kier alpha value is -4.34. The van der Waals surface area contributed by atoms with Crippen LogP contribution in [-0.2, 0) is 4.79 Å². The molecule has 2 amide bonds. The van der Waals surface area contributed by atoms with E-state index in [-0.39, 0.29) is 24.3 Å². The van der Waals surface area contributed by atoms with Crippen LogP contribution in [0.4, 0.5) is 18.9 Å². The van der Waals surface area contributed by atoms with Crippen molar-refractivity contribution in [2.75, 3.05) is 11.9 Å². The molecule has 0 spiro atoms. The van der Waals surface area contributed by atoms with Gasteiger partial charge in [-0.1, -0.05) is 24.3 Å². The van der Waals surface area contributed by atoms with Crippen LogP contribution in [0.15, 0.2) is 79.0 Å². The number of carbonyl (C=O) groups excluding carboxylic acids is 2. The molecule has 1 unspecified atom stereocenters. The molecule has 3 heterocycles. The lowest BCUT2D eigenvalue weighted by Gasteiger charge is -2.44. The maximum absolute atomic E-state index is 14.9. The molecule has 4 aliphatic rings. The topological polar surface area (TPSA) is 79.3 Å². The highest BCUT2D eigenvalue weighted by molar-refractivity contribution is 5.95. The summed E-state index contributed by atoms with van der Waals surface area (Å²) in [4.78, 5) is 29.4. The highest BCUT2D eigenvalue weighted by Crippen LogP contribution is 2.50. The van der Waals surface area contributed by atoms with Gasteiger partial charge in [-0.3, -0.25) is 9.59 Å². The van der Waals surface area contributed by atoms with E-state index < -0.39 is 54.4 Å². The fraction of sp³-hybridized carbons (Fsp3) is 0.400. The third-order valence-electron chi connectivity index (χ3n) is 9.89. The monoisotopic (exact) mass is 615 g/mol. The second kappa shape index (κ2) is 11.5. The van der Waals surface area contributed by atoms with Gasteiger partial charge in [-0.15, -0.1) is 0 Å². The molecule has 2 aliphatic carbocycles. The number of hydrogen-bond acceptors (Lipinski definition) is 4. The van der Waals surface area contributed by atoms with E-state index >= 15 is 0 Å². The van der Waals surface area contributed by atoms with Crippen LogP contribution < -0.4 is 10.6 Å². The minimum Gasteiger partial charge on any atom is -0.381 e. The molecule has 7 rings (SSSR count). The Balaban J connectivity index is 1.14. The summed E-state index contributed by atoms with van der Waals surface area (Å²) in [6, 6.07) is 12.1. The van der Waals surface area contributed by atoms with Crippen LogP contribution in [0.1, 0.15) is 59.8 Å². The van der Waals surface area contributed by atoms with Crippen molar-refractivity contribution in [3.05, 3.63) is 102 Å². The number of carbonyl (C=O) groups is 2. The maximum atomic E-state index is 14.9. The number of likely N-dealkylation sites (tertiary alicyclic amines) is 1. The Kier molecular flexibility index (Phi) is 7.54. The normalized spacial score (nSPS) is 28.2. The van der Waals surface area contributed by atoms with Crippen LogP contribution in [0.2, 0.25) is 0 Å². The molecule has 10 heteroatoms. The minimum atomic E-state index is -3.02. The highest BCUT2D eigenvalue weighted by Gasteiger charge is 2.52. The molecule has 234 valence electrons. The third kappa shape index (κ3) is 5.66. The third-order valence-corrected chi connectivity index (χ3v) is 9.89. The van der Waals surface area contributed by atoms with Crippen molar-refractivity contribution in [1.29, 1.82) is 0 Å². The molecular weight excluding hydrogens is 579 g/mol. The Bertz CT molecular complexity index is 1670. The summed E-state index contributed by atoms with van der Waals surface area (Å²) in [7, 11) is 0. The summed E-state index contributed by atoms with van der Waals surface area (Å²) in [5, 5.41) is 10.9. The average Bonchev–Trinajstić information content (AvgIpc) is 3.69. The first kappa shape index (κ1) is 29.4. The number of alkyl halides is 2. The number of rotatable bonds is 5.